The summed E-state index contributed by atoms with van der Waals surface area (Å²) >= 11 is -0.839. The molecule has 4 nitrogen and oxygen atoms in total. The van der Waals surface area contributed by atoms with Gasteiger partial charge in [-0.05, 0) is 12.8 Å². The van der Waals surface area contributed by atoms with Crippen molar-refractivity contribution >= 4 is 31.7 Å². The van der Waals surface area contributed by atoms with Crippen molar-refractivity contribution in [3.8, 4) is 0 Å². The van der Waals surface area contributed by atoms with E-state index in [0.29, 0.717) is 6.42 Å². The van der Waals surface area contributed by atoms with Gasteiger partial charge in [-0.25, -0.2) is 9.59 Å². The molecule has 5 heteroatoms. The van der Waals surface area contributed by atoms with Crippen LogP contribution in [0, 0.1) is 0 Å². The summed E-state index contributed by atoms with van der Waals surface area (Å²) in [5, 5.41) is 17.2. The Kier molecular flexibility index (Phi) is 25.1. The number of carbonyl (C=O) groups is 2. The monoisotopic (exact) mass is 519 g/mol. The molecule has 0 unspecified atom stereocenters. The number of rotatable bonds is 18. The summed E-state index contributed by atoms with van der Waals surface area (Å²) in [7, 11) is 0. The first-order valence-corrected chi connectivity index (χ1v) is 18.0. The zero-order valence-corrected chi connectivity index (χ0v) is 22.5. The fourth-order valence-electron chi connectivity index (χ4n) is 3.14. The van der Waals surface area contributed by atoms with Crippen LogP contribution in [0.1, 0.15) is 111 Å². The van der Waals surface area contributed by atoms with Gasteiger partial charge in [0.2, 0.25) is 0 Å². The van der Waals surface area contributed by atoms with Crippen LogP contribution in [0.2, 0.25) is 13.3 Å². The van der Waals surface area contributed by atoms with Crippen LogP contribution >= 0.6 is 0 Å². The van der Waals surface area contributed by atoms with Crippen molar-refractivity contribution in [2.75, 3.05) is 0 Å². The zero-order chi connectivity index (χ0) is 22.3. The van der Waals surface area contributed by atoms with Crippen LogP contribution in [-0.4, -0.2) is 41.9 Å². The second-order valence-corrected chi connectivity index (χ2v) is 16.5. The number of hydrogen-bond acceptors (Lipinski definition) is 2. The molecule has 0 amide bonds. The summed E-state index contributed by atoms with van der Waals surface area (Å²) < 4.78 is 5.04. The predicted molar refractivity (Wildman–Crippen MR) is 126 cm³/mol. The molecule has 0 aliphatic carbocycles. The number of carboxylic acid groups (broad SMARTS) is 2. The Labute approximate surface area is 187 Å². The molecule has 171 valence electrons. The number of hydrogen-bond donors (Lipinski definition) is 2. The van der Waals surface area contributed by atoms with Crippen LogP contribution in [0.5, 0.6) is 0 Å². The van der Waals surface area contributed by atoms with E-state index < -0.39 is 31.7 Å². The second-order valence-electron chi connectivity index (χ2n) is 7.89. The van der Waals surface area contributed by atoms with E-state index in [0.717, 1.165) is 25.3 Å². The average molecular weight is 518 g/mol. The van der Waals surface area contributed by atoms with E-state index in [4.69, 9.17) is 10.2 Å². The summed E-state index contributed by atoms with van der Waals surface area (Å²) in [5.74, 6) is -2.32. The van der Waals surface area contributed by atoms with E-state index >= 15 is 0 Å². The van der Waals surface area contributed by atoms with Crippen molar-refractivity contribution in [1.82, 2.24) is 0 Å². The van der Waals surface area contributed by atoms with E-state index in [2.05, 4.69) is 27.7 Å². The van der Waals surface area contributed by atoms with Gasteiger partial charge < -0.3 is 10.2 Å². The standard InChI is InChI=1S/C12H20O4.3C4H9.Sn/c1-2-3-4-5-6-7-8-10(12(15)16)9-11(13)14;3*1-3-4-2;/h9H,2-8H2,1H3,(H,13,14)(H,15,16);3*1,3-4H2,2H3;. The summed E-state index contributed by atoms with van der Waals surface area (Å²) in [6.45, 7) is 9.14. The van der Waals surface area contributed by atoms with Gasteiger partial charge in [0, 0.05) is 11.6 Å². The van der Waals surface area contributed by atoms with E-state index in [9.17, 15) is 9.59 Å². The third-order valence-corrected chi connectivity index (χ3v) is 14.1. The van der Waals surface area contributed by atoms with Crippen molar-refractivity contribution in [1.29, 1.82) is 0 Å². The molecular weight excluding hydrogens is 471 g/mol. The molecular formula is C24H47O4Sn. The summed E-state index contributed by atoms with van der Waals surface area (Å²) in [5.41, 5.74) is -0.0111. The molecule has 0 fully saturated rings. The quantitative estimate of drug-likeness (QED) is 0.111. The van der Waals surface area contributed by atoms with Crippen molar-refractivity contribution in [3.63, 3.8) is 0 Å². The molecule has 0 atom stereocenters. The van der Waals surface area contributed by atoms with Gasteiger partial charge in [-0.3, -0.25) is 0 Å². The van der Waals surface area contributed by atoms with Crippen LogP contribution in [0.4, 0.5) is 0 Å². The third kappa shape index (κ3) is 23.6. The molecule has 0 rings (SSSR count). The van der Waals surface area contributed by atoms with E-state index in [-0.39, 0.29) is 5.57 Å². The summed E-state index contributed by atoms with van der Waals surface area (Å²) in [4.78, 5) is 21.0. The molecule has 0 bridgehead atoms. The van der Waals surface area contributed by atoms with E-state index in [1.54, 1.807) is 13.3 Å². The van der Waals surface area contributed by atoms with Gasteiger partial charge in [-0.1, -0.05) is 39.0 Å². The molecule has 0 saturated carbocycles. The molecule has 0 spiro atoms. The average Bonchev–Trinajstić information content (AvgIpc) is 2.69. The number of unbranched alkanes of at least 4 members (excludes halogenated alkanes) is 8. The molecule has 29 heavy (non-hydrogen) atoms. The Bertz CT molecular complexity index is 402. The van der Waals surface area contributed by atoms with Crippen LogP contribution in [0.3, 0.4) is 0 Å². The van der Waals surface area contributed by atoms with Crippen LogP contribution in [-0.2, 0) is 9.59 Å². The molecule has 0 heterocycles. The minimum absolute atomic E-state index is 0.0111. The second kappa shape index (κ2) is 23.8. The zero-order valence-electron chi connectivity index (χ0n) is 19.6. The van der Waals surface area contributed by atoms with Crippen LogP contribution in [0.25, 0.3) is 0 Å². The van der Waals surface area contributed by atoms with Crippen molar-refractivity contribution in [2.24, 2.45) is 0 Å². The first kappa shape index (κ1) is 30.7. The topological polar surface area (TPSA) is 74.6 Å². The Balaban J connectivity index is 0. The van der Waals surface area contributed by atoms with E-state index in [1.165, 1.54) is 57.8 Å². The first-order valence-electron chi connectivity index (χ1n) is 11.9. The van der Waals surface area contributed by atoms with Crippen LogP contribution in [0.15, 0.2) is 11.6 Å². The van der Waals surface area contributed by atoms with Gasteiger partial charge >= 0.3 is 104 Å². The molecule has 0 aromatic carbocycles. The van der Waals surface area contributed by atoms with E-state index in [1.807, 2.05) is 0 Å². The van der Waals surface area contributed by atoms with Gasteiger partial charge in [0.15, 0.2) is 0 Å². The Morgan fingerprint density at radius 3 is 1.45 bits per heavy atom. The van der Waals surface area contributed by atoms with Gasteiger partial charge in [0.25, 0.3) is 0 Å². The first-order chi connectivity index (χ1) is 13.9. The molecule has 1 radical (unpaired) electrons. The number of aliphatic carboxylic acids is 2. The SMILES string of the molecule is CCCCCCCCC(=CC(=O)O)C(=O)O.CCC[CH2][Sn]([CH2]CCC)[CH2]CCC. The molecule has 0 aromatic rings. The predicted octanol–water partition coefficient (Wildman–Crippen LogP) is 7.71. The normalized spacial score (nSPS) is 11.3. The van der Waals surface area contributed by atoms with Gasteiger partial charge in [-0.2, -0.15) is 0 Å². The summed E-state index contributed by atoms with van der Waals surface area (Å²) in [6.07, 6.45) is 16.3. The van der Waals surface area contributed by atoms with Crippen molar-refractivity contribution in [2.45, 2.75) is 124 Å². The van der Waals surface area contributed by atoms with Crippen molar-refractivity contribution in [3.05, 3.63) is 11.6 Å². The Morgan fingerprint density at radius 2 is 1.07 bits per heavy atom. The maximum absolute atomic E-state index is 10.7. The van der Waals surface area contributed by atoms with Crippen LogP contribution < -0.4 is 0 Å². The fraction of sp³-hybridized carbons (Fsp3) is 0.833. The third-order valence-electron chi connectivity index (χ3n) is 5.02. The summed E-state index contributed by atoms with van der Waals surface area (Å²) in [6, 6.07) is 0. The fourth-order valence-corrected chi connectivity index (χ4v) is 12.6. The molecule has 0 saturated heterocycles. The van der Waals surface area contributed by atoms with Gasteiger partial charge in [0.05, 0.1) is 0 Å². The van der Waals surface area contributed by atoms with Gasteiger partial charge in [-0.15, -0.1) is 0 Å². The van der Waals surface area contributed by atoms with Crippen molar-refractivity contribution < 1.29 is 19.8 Å². The minimum atomic E-state index is -1.19. The molecule has 0 aromatic heterocycles. The maximum atomic E-state index is 10.7. The molecule has 0 aliphatic rings. The Morgan fingerprint density at radius 1 is 0.655 bits per heavy atom. The van der Waals surface area contributed by atoms with Gasteiger partial charge in [0.1, 0.15) is 0 Å². The molecule has 0 aliphatic heterocycles. The number of carboxylic acids is 2. The molecule has 2 N–H and O–H groups in total. The Hall–Kier alpha value is -0.521.